The minimum absolute atomic E-state index is 0.0305. The molecular formula is C18H15N3O6S3. The molecule has 12 heteroatoms. The molecule has 0 unspecified atom stereocenters. The van der Waals surface area contributed by atoms with Crippen LogP contribution in [0.15, 0.2) is 80.1 Å². The molecule has 2 heterocycles. The Morgan fingerprint density at radius 3 is 2.13 bits per heavy atom. The maximum absolute atomic E-state index is 12.9. The van der Waals surface area contributed by atoms with E-state index in [1.807, 2.05) is 0 Å². The van der Waals surface area contributed by atoms with Crippen molar-refractivity contribution in [2.45, 2.75) is 9.79 Å². The standard InChI is InChI=1S/C18H15N3O6S3/c1-21-17-7-6-12(10-14(17)18(22)28-21)29(23,24)19-15-4-2-3-5-16(15)20-30(25,26)13-8-9-27-11-13/h2-11,19-20H,1H3. The number of anilines is 2. The minimum Gasteiger partial charge on any atom is -0.471 e. The molecule has 0 spiro atoms. The van der Waals surface area contributed by atoms with Gasteiger partial charge in [0.25, 0.3) is 24.8 Å². The van der Waals surface area contributed by atoms with Crippen molar-refractivity contribution in [1.29, 1.82) is 0 Å². The summed E-state index contributed by atoms with van der Waals surface area (Å²) >= 11 is 0.975. The van der Waals surface area contributed by atoms with Gasteiger partial charge in [-0.15, -0.1) is 0 Å². The third kappa shape index (κ3) is 3.72. The quantitative estimate of drug-likeness (QED) is 0.451. The minimum atomic E-state index is -4.09. The number of nitrogens with one attached hydrogen (secondary N) is 2. The van der Waals surface area contributed by atoms with E-state index >= 15 is 0 Å². The largest absolute Gasteiger partial charge is 0.471 e. The monoisotopic (exact) mass is 465 g/mol. The Kier molecular flexibility index (Phi) is 4.92. The van der Waals surface area contributed by atoms with Crippen LogP contribution in [0, 0.1) is 0 Å². The van der Waals surface area contributed by atoms with Crippen LogP contribution in [0.4, 0.5) is 11.4 Å². The SMILES string of the molecule is Cn1sc(=O)c2cc(S(=O)(=O)Nc3ccccc3NS(=O)(=O)c3ccoc3)ccc21. The van der Waals surface area contributed by atoms with Crippen molar-refractivity contribution >= 4 is 53.9 Å². The summed E-state index contributed by atoms with van der Waals surface area (Å²) in [6.45, 7) is 0. The molecule has 0 saturated heterocycles. The van der Waals surface area contributed by atoms with Crippen LogP contribution in [0.25, 0.3) is 10.9 Å². The van der Waals surface area contributed by atoms with Crippen molar-refractivity contribution in [2.24, 2.45) is 7.05 Å². The molecule has 2 aromatic heterocycles. The Hall–Kier alpha value is -3.09. The van der Waals surface area contributed by atoms with Crippen LogP contribution in [-0.2, 0) is 27.1 Å². The summed E-state index contributed by atoms with van der Waals surface area (Å²) in [4.78, 5) is 11.8. The summed E-state index contributed by atoms with van der Waals surface area (Å²) < 4.78 is 61.6. The summed E-state index contributed by atoms with van der Waals surface area (Å²) in [5.41, 5.74) is 0.690. The molecule has 0 amide bonds. The van der Waals surface area contributed by atoms with Crippen LogP contribution in [0.1, 0.15) is 0 Å². The van der Waals surface area contributed by atoms with Gasteiger partial charge < -0.3 is 4.42 Å². The zero-order valence-corrected chi connectivity index (χ0v) is 17.8. The van der Waals surface area contributed by atoms with Gasteiger partial charge in [-0.3, -0.25) is 18.2 Å². The number of aromatic nitrogens is 1. The number of rotatable bonds is 6. The highest BCUT2D eigenvalue weighted by atomic mass is 32.2. The van der Waals surface area contributed by atoms with Gasteiger partial charge in [-0.05, 0) is 47.9 Å². The van der Waals surface area contributed by atoms with Gasteiger partial charge >= 0.3 is 0 Å². The second-order valence-corrected chi connectivity index (χ2v) is 10.7. The first-order valence-electron chi connectivity index (χ1n) is 8.44. The van der Waals surface area contributed by atoms with Gasteiger partial charge in [-0.25, -0.2) is 16.8 Å². The van der Waals surface area contributed by atoms with E-state index in [2.05, 4.69) is 9.44 Å². The Morgan fingerprint density at radius 1 is 0.900 bits per heavy atom. The number of benzene rings is 2. The second kappa shape index (κ2) is 7.31. The number of hydrogen-bond donors (Lipinski definition) is 2. The van der Waals surface area contributed by atoms with E-state index in [1.165, 1.54) is 36.6 Å². The van der Waals surface area contributed by atoms with E-state index in [0.717, 1.165) is 17.8 Å². The summed E-state index contributed by atoms with van der Waals surface area (Å²) in [5.74, 6) is 0. The molecule has 0 radical (unpaired) electrons. The lowest BCUT2D eigenvalue weighted by molar-refractivity contribution is 0.557. The van der Waals surface area contributed by atoms with Crippen molar-refractivity contribution in [1.82, 2.24) is 3.96 Å². The molecule has 0 aliphatic carbocycles. The first-order chi connectivity index (χ1) is 14.2. The third-order valence-corrected chi connectivity index (χ3v) is 7.84. The van der Waals surface area contributed by atoms with Gasteiger partial charge in [-0.1, -0.05) is 12.1 Å². The zero-order chi connectivity index (χ0) is 21.5. The first-order valence-corrected chi connectivity index (χ1v) is 12.2. The molecule has 0 bridgehead atoms. The normalized spacial score (nSPS) is 12.2. The molecule has 2 aromatic carbocycles. The van der Waals surface area contributed by atoms with E-state index < -0.39 is 20.0 Å². The fourth-order valence-electron chi connectivity index (χ4n) is 2.82. The third-order valence-electron chi connectivity index (χ3n) is 4.28. The Bertz CT molecular complexity index is 1500. The van der Waals surface area contributed by atoms with Gasteiger partial charge in [0.15, 0.2) is 0 Å². The van der Waals surface area contributed by atoms with Crippen molar-refractivity contribution in [2.75, 3.05) is 9.44 Å². The molecule has 0 atom stereocenters. The van der Waals surface area contributed by atoms with Gasteiger partial charge in [0.05, 0.1) is 33.4 Å². The molecule has 9 nitrogen and oxygen atoms in total. The summed E-state index contributed by atoms with van der Waals surface area (Å²) in [5, 5.41) is 0.291. The number of para-hydroxylation sites is 2. The lowest BCUT2D eigenvalue weighted by atomic mass is 10.2. The predicted molar refractivity (Wildman–Crippen MR) is 114 cm³/mol. The maximum atomic E-state index is 12.9. The Morgan fingerprint density at radius 2 is 1.53 bits per heavy atom. The fourth-order valence-corrected chi connectivity index (χ4v) is 5.69. The van der Waals surface area contributed by atoms with Gasteiger partial charge in [0.1, 0.15) is 11.2 Å². The molecular weight excluding hydrogens is 450 g/mol. The van der Waals surface area contributed by atoms with Crippen molar-refractivity contribution in [3.8, 4) is 0 Å². The topological polar surface area (TPSA) is 127 Å². The number of fused-ring (bicyclic) bond motifs is 1. The zero-order valence-electron chi connectivity index (χ0n) is 15.4. The van der Waals surface area contributed by atoms with E-state index in [9.17, 15) is 21.6 Å². The molecule has 0 fully saturated rings. The fraction of sp³-hybridized carbons (Fsp3) is 0.0556. The predicted octanol–water partition coefficient (Wildman–Crippen LogP) is 2.79. The smallest absolute Gasteiger partial charge is 0.265 e. The van der Waals surface area contributed by atoms with E-state index in [1.54, 1.807) is 29.2 Å². The van der Waals surface area contributed by atoms with E-state index in [4.69, 9.17) is 4.42 Å². The lowest BCUT2D eigenvalue weighted by Gasteiger charge is -2.14. The molecule has 30 heavy (non-hydrogen) atoms. The average molecular weight is 466 g/mol. The number of sulfonamides is 2. The maximum Gasteiger partial charge on any atom is 0.265 e. The molecule has 2 N–H and O–H groups in total. The number of hydrogen-bond acceptors (Lipinski definition) is 7. The molecule has 0 aliphatic rings. The highest BCUT2D eigenvalue weighted by molar-refractivity contribution is 7.93. The van der Waals surface area contributed by atoms with Gasteiger partial charge in [0.2, 0.25) is 0 Å². The van der Waals surface area contributed by atoms with Crippen molar-refractivity contribution in [3.63, 3.8) is 0 Å². The average Bonchev–Trinajstić information content (AvgIpc) is 3.32. The lowest BCUT2D eigenvalue weighted by Crippen LogP contribution is -2.17. The highest BCUT2D eigenvalue weighted by Crippen LogP contribution is 2.28. The summed E-state index contributed by atoms with van der Waals surface area (Å²) in [7, 11) is -6.35. The van der Waals surface area contributed by atoms with Gasteiger partial charge in [0, 0.05) is 7.05 Å². The summed E-state index contributed by atoms with van der Waals surface area (Å²) in [6.07, 6.45) is 2.28. The van der Waals surface area contributed by atoms with E-state index in [-0.39, 0.29) is 25.9 Å². The Balaban J connectivity index is 1.69. The number of aryl methyl sites for hydroxylation is 1. The van der Waals surface area contributed by atoms with Gasteiger partial charge in [-0.2, -0.15) is 0 Å². The van der Waals surface area contributed by atoms with Crippen molar-refractivity contribution in [3.05, 3.63) is 70.6 Å². The highest BCUT2D eigenvalue weighted by Gasteiger charge is 2.21. The molecule has 4 rings (SSSR count). The van der Waals surface area contributed by atoms with Crippen LogP contribution in [0.5, 0.6) is 0 Å². The number of furan rings is 1. The van der Waals surface area contributed by atoms with Crippen LogP contribution >= 0.6 is 11.5 Å². The number of nitrogens with zero attached hydrogens (tertiary/aromatic N) is 1. The Labute approximate surface area is 175 Å². The van der Waals surface area contributed by atoms with Crippen LogP contribution in [0.3, 0.4) is 0 Å². The molecule has 4 aromatic rings. The van der Waals surface area contributed by atoms with Crippen molar-refractivity contribution < 1.29 is 21.3 Å². The summed E-state index contributed by atoms with van der Waals surface area (Å²) in [6, 6.07) is 11.5. The molecule has 0 aliphatic heterocycles. The van der Waals surface area contributed by atoms with Crippen LogP contribution in [0.2, 0.25) is 0 Å². The van der Waals surface area contributed by atoms with E-state index in [0.29, 0.717) is 10.9 Å². The second-order valence-electron chi connectivity index (χ2n) is 6.27. The first kappa shape index (κ1) is 20.2. The van der Waals surface area contributed by atoms with Crippen LogP contribution in [-0.4, -0.2) is 20.8 Å². The molecule has 156 valence electrons. The molecule has 0 saturated carbocycles. The van der Waals surface area contributed by atoms with Crippen LogP contribution < -0.4 is 14.2 Å².